The molecule has 0 bridgehead atoms. The van der Waals surface area contributed by atoms with Crippen LogP contribution in [-0.4, -0.2) is 25.3 Å². The minimum atomic E-state index is -0.137. The third kappa shape index (κ3) is 2.84. The second kappa shape index (κ2) is 4.60. The Labute approximate surface area is 84.1 Å². The summed E-state index contributed by atoms with van der Waals surface area (Å²) in [7, 11) is 0. The average Bonchev–Trinajstić information content (AvgIpc) is 3.01. The molecule has 1 fully saturated rings. The Hall–Kier alpha value is -0.830. The molecule has 0 saturated carbocycles. The Morgan fingerprint density at radius 3 is 3.14 bits per heavy atom. The van der Waals surface area contributed by atoms with Crippen LogP contribution in [0.3, 0.4) is 0 Å². The first-order chi connectivity index (χ1) is 6.86. The fourth-order valence-electron chi connectivity index (χ4n) is 1.63. The van der Waals surface area contributed by atoms with Gasteiger partial charge in [-0.3, -0.25) is 0 Å². The van der Waals surface area contributed by atoms with Crippen LogP contribution in [0.5, 0.6) is 0 Å². The molecule has 1 heterocycles. The molecule has 3 nitrogen and oxygen atoms in total. The number of allylic oxidation sites excluding steroid dienone is 1. The van der Waals surface area contributed by atoms with Crippen LogP contribution in [0.25, 0.3) is 0 Å². The molecular formula is C11H16O3. The van der Waals surface area contributed by atoms with Gasteiger partial charge in [-0.1, -0.05) is 12.5 Å². The lowest BCUT2D eigenvalue weighted by Gasteiger charge is -2.04. The molecule has 0 aromatic carbocycles. The van der Waals surface area contributed by atoms with Gasteiger partial charge in [0, 0.05) is 5.57 Å². The van der Waals surface area contributed by atoms with Crippen LogP contribution in [0.4, 0.5) is 0 Å². The number of epoxide rings is 1. The monoisotopic (exact) mass is 196 g/mol. The molecule has 0 amide bonds. The first-order valence-electron chi connectivity index (χ1n) is 5.34. The van der Waals surface area contributed by atoms with E-state index in [1.165, 1.54) is 12.8 Å². The van der Waals surface area contributed by atoms with Gasteiger partial charge >= 0.3 is 5.97 Å². The molecule has 2 rings (SSSR count). The van der Waals surface area contributed by atoms with Crippen LogP contribution in [0.15, 0.2) is 11.6 Å². The summed E-state index contributed by atoms with van der Waals surface area (Å²) in [6.07, 6.45) is 7.63. The van der Waals surface area contributed by atoms with E-state index < -0.39 is 0 Å². The molecule has 0 spiro atoms. The van der Waals surface area contributed by atoms with Crippen LogP contribution >= 0.6 is 0 Å². The van der Waals surface area contributed by atoms with Crippen molar-refractivity contribution in [3.8, 4) is 0 Å². The van der Waals surface area contributed by atoms with E-state index in [1.807, 2.05) is 6.08 Å². The maximum absolute atomic E-state index is 11.5. The van der Waals surface area contributed by atoms with Crippen molar-refractivity contribution < 1.29 is 14.3 Å². The highest BCUT2D eigenvalue weighted by molar-refractivity contribution is 5.88. The second-order valence-electron chi connectivity index (χ2n) is 3.88. The van der Waals surface area contributed by atoms with E-state index in [0.29, 0.717) is 6.61 Å². The molecule has 2 aliphatic rings. The van der Waals surface area contributed by atoms with Gasteiger partial charge in [0.25, 0.3) is 0 Å². The standard InChI is InChI=1S/C11H16O3/c12-11(14-8-10-7-13-10)9-5-3-1-2-4-6-9/h5,10H,1-4,6-8H2. The molecule has 0 aromatic heterocycles. The molecule has 78 valence electrons. The maximum Gasteiger partial charge on any atom is 0.333 e. The molecule has 1 saturated heterocycles. The Morgan fingerprint density at radius 2 is 2.36 bits per heavy atom. The van der Waals surface area contributed by atoms with Crippen molar-refractivity contribution in [1.29, 1.82) is 0 Å². The highest BCUT2D eigenvalue weighted by Gasteiger charge is 2.25. The van der Waals surface area contributed by atoms with Crippen molar-refractivity contribution in [2.24, 2.45) is 0 Å². The zero-order valence-electron chi connectivity index (χ0n) is 8.33. The Kier molecular flexibility index (Phi) is 3.19. The molecule has 1 atom stereocenters. The quantitative estimate of drug-likeness (QED) is 0.510. The molecule has 3 heteroatoms. The summed E-state index contributed by atoms with van der Waals surface area (Å²) in [5.41, 5.74) is 0.864. The molecule has 1 aliphatic heterocycles. The Balaban J connectivity index is 1.78. The van der Waals surface area contributed by atoms with Crippen LogP contribution in [0.1, 0.15) is 32.1 Å². The van der Waals surface area contributed by atoms with Gasteiger partial charge in [-0.2, -0.15) is 0 Å². The number of esters is 1. The van der Waals surface area contributed by atoms with Gasteiger partial charge in [0.1, 0.15) is 12.7 Å². The number of carbonyl (C=O) groups excluding carboxylic acids is 1. The highest BCUT2D eigenvalue weighted by Crippen LogP contribution is 2.19. The van der Waals surface area contributed by atoms with E-state index >= 15 is 0 Å². The second-order valence-corrected chi connectivity index (χ2v) is 3.88. The summed E-state index contributed by atoms with van der Waals surface area (Å²) in [5, 5.41) is 0. The van der Waals surface area contributed by atoms with Crippen molar-refractivity contribution in [3.63, 3.8) is 0 Å². The third-order valence-electron chi connectivity index (χ3n) is 2.61. The van der Waals surface area contributed by atoms with E-state index in [2.05, 4.69) is 0 Å². The lowest BCUT2D eigenvalue weighted by atomic mass is 10.1. The molecule has 14 heavy (non-hydrogen) atoms. The van der Waals surface area contributed by atoms with Crippen molar-refractivity contribution in [1.82, 2.24) is 0 Å². The van der Waals surface area contributed by atoms with E-state index in [1.54, 1.807) is 0 Å². The maximum atomic E-state index is 11.5. The lowest BCUT2D eigenvalue weighted by Crippen LogP contribution is -2.11. The van der Waals surface area contributed by atoms with Gasteiger partial charge in [-0.15, -0.1) is 0 Å². The highest BCUT2D eigenvalue weighted by atomic mass is 16.6. The minimum Gasteiger partial charge on any atom is -0.459 e. The molecular weight excluding hydrogens is 180 g/mol. The molecule has 0 aromatic rings. The van der Waals surface area contributed by atoms with Crippen LogP contribution in [-0.2, 0) is 14.3 Å². The van der Waals surface area contributed by atoms with Crippen molar-refractivity contribution >= 4 is 5.97 Å². The topological polar surface area (TPSA) is 38.8 Å². The SMILES string of the molecule is O=C(OCC1CO1)C1=CCCCCC1. The predicted molar refractivity (Wildman–Crippen MR) is 51.9 cm³/mol. The largest absolute Gasteiger partial charge is 0.459 e. The first-order valence-corrected chi connectivity index (χ1v) is 5.34. The Bertz CT molecular complexity index is 241. The van der Waals surface area contributed by atoms with Gasteiger partial charge < -0.3 is 9.47 Å². The normalized spacial score (nSPS) is 26.3. The number of ether oxygens (including phenoxy) is 2. The third-order valence-corrected chi connectivity index (χ3v) is 2.61. The minimum absolute atomic E-state index is 0.137. The van der Waals surface area contributed by atoms with E-state index in [9.17, 15) is 4.79 Å². The van der Waals surface area contributed by atoms with Gasteiger partial charge in [0.15, 0.2) is 0 Å². The predicted octanol–water partition coefficient (Wildman–Crippen LogP) is 1.82. The average molecular weight is 196 g/mol. The number of carbonyl (C=O) groups is 1. The molecule has 1 unspecified atom stereocenters. The summed E-state index contributed by atoms with van der Waals surface area (Å²) in [6, 6.07) is 0. The zero-order valence-corrected chi connectivity index (χ0v) is 8.33. The summed E-state index contributed by atoms with van der Waals surface area (Å²) in [6.45, 7) is 1.17. The summed E-state index contributed by atoms with van der Waals surface area (Å²) < 4.78 is 10.1. The Morgan fingerprint density at radius 1 is 1.50 bits per heavy atom. The van der Waals surface area contributed by atoms with Gasteiger partial charge in [-0.25, -0.2) is 4.79 Å². The summed E-state index contributed by atoms with van der Waals surface area (Å²) >= 11 is 0. The van der Waals surface area contributed by atoms with Gasteiger partial charge in [-0.05, 0) is 25.7 Å². The van der Waals surface area contributed by atoms with E-state index in [-0.39, 0.29) is 12.1 Å². The van der Waals surface area contributed by atoms with Crippen molar-refractivity contribution in [3.05, 3.63) is 11.6 Å². The zero-order chi connectivity index (χ0) is 9.80. The number of hydrogen-bond acceptors (Lipinski definition) is 3. The van der Waals surface area contributed by atoms with Gasteiger partial charge in [0.2, 0.25) is 0 Å². The first kappa shape index (κ1) is 9.71. The smallest absolute Gasteiger partial charge is 0.333 e. The number of hydrogen-bond donors (Lipinski definition) is 0. The van der Waals surface area contributed by atoms with E-state index in [0.717, 1.165) is 31.4 Å². The summed E-state index contributed by atoms with van der Waals surface area (Å²) in [5.74, 6) is -0.137. The van der Waals surface area contributed by atoms with Crippen LogP contribution in [0, 0.1) is 0 Å². The van der Waals surface area contributed by atoms with Crippen molar-refractivity contribution in [2.75, 3.05) is 13.2 Å². The van der Waals surface area contributed by atoms with Crippen LogP contribution in [0.2, 0.25) is 0 Å². The van der Waals surface area contributed by atoms with E-state index in [4.69, 9.17) is 9.47 Å². The molecule has 0 radical (unpaired) electrons. The lowest BCUT2D eigenvalue weighted by molar-refractivity contribution is -0.139. The molecule has 0 N–H and O–H groups in total. The van der Waals surface area contributed by atoms with Crippen molar-refractivity contribution in [2.45, 2.75) is 38.2 Å². The fraction of sp³-hybridized carbons (Fsp3) is 0.727. The van der Waals surface area contributed by atoms with Gasteiger partial charge in [0.05, 0.1) is 6.61 Å². The summed E-state index contributed by atoms with van der Waals surface area (Å²) in [4.78, 5) is 11.5. The fourth-order valence-corrected chi connectivity index (χ4v) is 1.63. The van der Waals surface area contributed by atoms with Crippen LogP contribution < -0.4 is 0 Å². The molecule has 1 aliphatic carbocycles. The number of rotatable bonds is 3.